The first-order valence-corrected chi connectivity index (χ1v) is 9.60. The van der Waals surface area contributed by atoms with Gasteiger partial charge in [0.1, 0.15) is 5.82 Å². The first-order chi connectivity index (χ1) is 13.3. The van der Waals surface area contributed by atoms with E-state index in [2.05, 4.69) is 68.1 Å². The van der Waals surface area contributed by atoms with Crippen molar-refractivity contribution in [2.24, 2.45) is 0 Å². The van der Waals surface area contributed by atoms with Crippen LogP contribution in [0.25, 0.3) is 33.7 Å². The minimum absolute atomic E-state index is 0.874. The quantitative estimate of drug-likeness (QED) is 0.403. The number of thiazole rings is 1. The minimum atomic E-state index is 0.874. The third-order valence-corrected chi connectivity index (χ3v) is 5.01. The normalized spacial score (nSPS) is 11.0. The summed E-state index contributed by atoms with van der Waals surface area (Å²) in [7, 11) is 0. The number of hydrogen-bond donors (Lipinski definition) is 2. The van der Waals surface area contributed by atoms with Gasteiger partial charge in [0.2, 0.25) is 0 Å². The Balaban J connectivity index is 1.40. The molecule has 0 atom stereocenters. The second kappa shape index (κ2) is 6.70. The number of fused-ring (bicyclic) bond motifs is 1. The molecule has 0 saturated carbocycles. The van der Waals surface area contributed by atoms with Gasteiger partial charge in [0.25, 0.3) is 0 Å². The van der Waals surface area contributed by atoms with Crippen LogP contribution < -0.4 is 5.32 Å². The van der Waals surface area contributed by atoms with E-state index in [9.17, 15) is 0 Å². The Bertz CT molecular complexity index is 1160. The second-order valence-electron chi connectivity index (χ2n) is 6.26. The molecule has 0 aliphatic carbocycles. The van der Waals surface area contributed by atoms with Gasteiger partial charge in [0, 0.05) is 27.9 Å². The fourth-order valence-electron chi connectivity index (χ4n) is 3.08. The van der Waals surface area contributed by atoms with E-state index >= 15 is 0 Å². The van der Waals surface area contributed by atoms with Crippen molar-refractivity contribution in [1.82, 2.24) is 15.0 Å². The SMILES string of the molecule is c1cc(Nc2ccc(-c3cscn3)cc2)cc(-c2nc3ccccc3[nH]2)c1. The molecular formula is C22H16N4S. The van der Waals surface area contributed by atoms with Crippen LogP contribution in [0.3, 0.4) is 0 Å². The average molecular weight is 368 g/mol. The number of rotatable bonds is 4. The van der Waals surface area contributed by atoms with E-state index < -0.39 is 0 Å². The Kier molecular flexibility index (Phi) is 3.92. The fraction of sp³-hybridized carbons (Fsp3) is 0. The van der Waals surface area contributed by atoms with Gasteiger partial charge in [-0.2, -0.15) is 0 Å². The lowest BCUT2D eigenvalue weighted by atomic mass is 10.1. The van der Waals surface area contributed by atoms with E-state index in [0.29, 0.717) is 0 Å². The third kappa shape index (κ3) is 3.20. The highest BCUT2D eigenvalue weighted by Crippen LogP contribution is 2.26. The summed E-state index contributed by atoms with van der Waals surface area (Å²) in [6.45, 7) is 0. The van der Waals surface area contributed by atoms with Crippen LogP contribution in [0.15, 0.2) is 83.7 Å². The van der Waals surface area contributed by atoms with Crippen LogP contribution in [0, 0.1) is 0 Å². The molecule has 0 bridgehead atoms. The number of nitrogens with one attached hydrogen (secondary N) is 2. The standard InChI is InChI=1S/C22H16N4S/c1-2-7-20-19(6-1)25-22(26-20)16-4-3-5-18(12-16)24-17-10-8-15(9-11-17)21-13-27-14-23-21/h1-14,24H,(H,25,26). The highest BCUT2D eigenvalue weighted by molar-refractivity contribution is 7.07. The van der Waals surface area contributed by atoms with Gasteiger partial charge in [-0.3, -0.25) is 0 Å². The zero-order valence-corrected chi connectivity index (χ0v) is 15.2. The Morgan fingerprint density at radius 3 is 2.52 bits per heavy atom. The van der Waals surface area contributed by atoms with Gasteiger partial charge in [-0.1, -0.05) is 36.4 Å². The lowest BCUT2D eigenvalue weighted by Crippen LogP contribution is -1.91. The molecule has 0 radical (unpaired) electrons. The highest BCUT2D eigenvalue weighted by Gasteiger charge is 2.06. The van der Waals surface area contributed by atoms with Gasteiger partial charge in [0.15, 0.2) is 0 Å². The molecule has 0 saturated heterocycles. The van der Waals surface area contributed by atoms with E-state index in [-0.39, 0.29) is 0 Å². The first kappa shape index (κ1) is 15.8. The van der Waals surface area contributed by atoms with Gasteiger partial charge >= 0.3 is 0 Å². The van der Waals surface area contributed by atoms with Crippen molar-refractivity contribution in [2.75, 3.05) is 5.32 Å². The van der Waals surface area contributed by atoms with Crippen molar-refractivity contribution in [3.8, 4) is 22.6 Å². The van der Waals surface area contributed by atoms with Gasteiger partial charge in [-0.05, 0) is 36.4 Å². The number of aromatic amines is 1. The van der Waals surface area contributed by atoms with Crippen LogP contribution in [0.2, 0.25) is 0 Å². The van der Waals surface area contributed by atoms with Crippen LogP contribution in [0.1, 0.15) is 0 Å². The summed E-state index contributed by atoms with van der Waals surface area (Å²) in [5.74, 6) is 0.874. The molecule has 0 aliphatic rings. The molecule has 0 spiro atoms. The number of aromatic nitrogens is 3. The number of H-pyrrole nitrogens is 1. The van der Waals surface area contributed by atoms with Gasteiger partial charge in [-0.15, -0.1) is 11.3 Å². The van der Waals surface area contributed by atoms with Crippen LogP contribution in [0.4, 0.5) is 11.4 Å². The summed E-state index contributed by atoms with van der Waals surface area (Å²) in [6.07, 6.45) is 0. The summed E-state index contributed by atoms with van der Waals surface area (Å²) in [5.41, 5.74) is 9.12. The summed E-state index contributed by atoms with van der Waals surface area (Å²) < 4.78 is 0. The van der Waals surface area contributed by atoms with Gasteiger partial charge in [-0.25, -0.2) is 9.97 Å². The monoisotopic (exact) mass is 368 g/mol. The largest absolute Gasteiger partial charge is 0.356 e. The number of para-hydroxylation sites is 2. The molecule has 0 amide bonds. The minimum Gasteiger partial charge on any atom is -0.356 e. The number of hydrogen-bond acceptors (Lipinski definition) is 4. The molecule has 5 heteroatoms. The van der Waals surface area contributed by atoms with Crippen LogP contribution in [-0.2, 0) is 0 Å². The Morgan fingerprint density at radius 1 is 0.815 bits per heavy atom. The Morgan fingerprint density at radius 2 is 1.70 bits per heavy atom. The highest BCUT2D eigenvalue weighted by atomic mass is 32.1. The number of nitrogens with zero attached hydrogens (tertiary/aromatic N) is 2. The zero-order valence-electron chi connectivity index (χ0n) is 14.4. The summed E-state index contributed by atoms with van der Waals surface area (Å²) >= 11 is 1.61. The predicted octanol–water partition coefficient (Wildman–Crippen LogP) is 6.10. The van der Waals surface area contributed by atoms with Crippen molar-refractivity contribution >= 4 is 33.7 Å². The molecular weight excluding hydrogens is 352 g/mol. The number of benzene rings is 3. The molecule has 5 aromatic rings. The molecule has 5 rings (SSSR count). The lowest BCUT2D eigenvalue weighted by molar-refractivity contribution is 1.33. The smallest absolute Gasteiger partial charge is 0.138 e. The average Bonchev–Trinajstić information content (AvgIpc) is 3.39. The molecule has 130 valence electrons. The van der Waals surface area contributed by atoms with Gasteiger partial charge < -0.3 is 10.3 Å². The van der Waals surface area contributed by atoms with Crippen molar-refractivity contribution in [3.63, 3.8) is 0 Å². The Hall–Kier alpha value is -3.44. The number of anilines is 2. The molecule has 3 aromatic carbocycles. The summed E-state index contributed by atoms with van der Waals surface area (Å²) in [4.78, 5) is 12.4. The Labute approximate surface area is 160 Å². The third-order valence-electron chi connectivity index (χ3n) is 4.43. The summed E-state index contributed by atoms with van der Waals surface area (Å²) in [6, 6.07) is 24.6. The molecule has 0 unspecified atom stereocenters. The van der Waals surface area contributed by atoms with Crippen molar-refractivity contribution in [2.45, 2.75) is 0 Å². The van der Waals surface area contributed by atoms with E-state index in [1.54, 1.807) is 11.3 Å². The van der Waals surface area contributed by atoms with E-state index in [0.717, 1.165) is 45.1 Å². The van der Waals surface area contributed by atoms with Crippen molar-refractivity contribution in [1.29, 1.82) is 0 Å². The molecule has 2 heterocycles. The van der Waals surface area contributed by atoms with Crippen LogP contribution in [0.5, 0.6) is 0 Å². The van der Waals surface area contributed by atoms with E-state index in [4.69, 9.17) is 0 Å². The van der Waals surface area contributed by atoms with Crippen LogP contribution >= 0.6 is 11.3 Å². The van der Waals surface area contributed by atoms with Crippen molar-refractivity contribution < 1.29 is 0 Å². The maximum atomic E-state index is 4.68. The lowest BCUT2D eigenvalue weighted by Gasteiger charge is -2.08. The molecule has 0 fully saturated rings. The zero-order chi connectivity index (χ0) is 18.1. The van der Waals surface area contributed by atoms with Gasteiger partial charge in [0.05, 0.1) is 22.2 Å². The number of imidazole rings is 1. The fourth-order valence-corrected chi connectivity index (χ4v) is 3.64. The molecule has 2 aromatic heterocycles. The maximum Gasteiger partial charge on any atom is 0.138 e. The summed E-state index contributed by atoms with van der Waals surface area (Å²) in [5, 5.41) is 5.52. The molecule has 0 aliphatic heterocycles. The first-order valence-electron chi connectivity index (χ1n) is 8.66. The van der Waals surface area contributed by atoms with E-state index in [1.165, 1.54) is 0 Å². The second-order valence-corrected chi connectivity index (χ2v) is 6.98. The van der Waals surface area contributed by atoms with Crippen LogP contribution in [-0.4, -0.2) is 15.0 Å². The topological polar surface area (TPSA) is 53.6 Å². The molecule has 2 N–H and O–H groups in total. The maximum absolute atomic E-state index is 4.68. The van der Waals surface area contributed by atoms with Crippen molar-refractivity contribution in [3.05, 3.63) is 83.7 Å². The molecule has 4 nitrogen and oxygen atoms in total. The van der Waals surface area contributed by atoms with E-state index in [1.807, 2.05) is 35.8 Å². The molecule has 27 heavy (non-hydrogen) atoms. The predicted molar refractivity (Wildman–Crippen MR) is 112 cm³/mol.